The van der Waals surface area contributed by atoms with Crippen LogP contribution in [0.25, 0.3) is 23.1 Å². The average Bonchev–Trinajstić information content (AvgIpc) is 3.52. The van der Waals surface area contributed by atoms with Crippen LogP contribution >= 0.6 is 0 Å². The molecule has 1 amide bonds. The van der Waals surface area contributed by atoms with E-state index in [0.29, 0.717) is 47.8 Å². The number of carbonyl (C=O) groups excluding carboxylic acids is 1. The molecule has 4 aromatic rings. The molecule has 0 bridgehead atoms. The zero-order chi connectivity index (χ0) is 18.9. The molecular formula is C19H17N5O4. The molecule has 9 nitrogen and oxygen atoms in total. The first-order chi connectivity index (χ1) is 13.8. The van der Waals surface area contributed by atoms with Gasteiger partial charge in [-0.3, -0.25) is 9.89 Å². The Hall–Kier alpha value is -3.62. The quantitative estimate of drug-likeness (QED) is 0.578. The molecule has 1 aliphatic rings. The Morgan fingerprint density at radius 1 is 1.07 bits per heavy atom. The molecule has 0 aliphatic carbocycles. The van der Waals surface area contributed by atoms with Crippen LogP contribution in [0.1, 0.15) is 35.1 Å². The van der Waals surface area contributed by atoms with Gasteiger partial charge < -0.3 is 18.2 Å². The first-order valence-corrected chi connectivity index (χ1v) is 9.04. The van der Waals surface area contributed by atoms with E-state index in [1.807, 2.05) is 6.07 Å². The molecule has 1 fully saturated rings. The lowest BCUT2D eigenvalue weighted by atomic mass is 9.96. The van der Waals surface area contributed by atoms with Crippen LogP contribution in [-0.4, -0.2) is 44.3 Å². The van der Waals surface area contributed by atoms with Crippen LogP contribution in [0.5, 0.6) is 0 Å². The number of H-pyrrole nitrogens is 1. The number of piperidine rings is 1. The van der Waals surface area contributed by atoms with E-state index in [0.717, 1.165) is 12.8 Å². The molecule has 0 radical (unpaired) electrons. The Balaban J connectivity index is 1.23. The van der Waals surface area contributed by atoms with Crippen molar-refractivity contribution in [3.8, 4) is 23.1 Å². The highest BCUT2D eigenvalue weighted by Gasteiger charge is 2.29. The molecule has 0 spiro atoms. The van der Waals surface area contributed by atoms with Gasteiger partial charge in [0.25, 0.3) is 11.8 Å². The minimum atomic E-state index is -0.102. The lowest BCUT2D eigenvalue weighted by Crippen LogP contribution is -2.38. The number of aromatic amines is 1. The number of furan rings is 2. The lowest BCUT2D eigenvalue weighted by molar-refractivity contribution is 0.0700. The summed E-state index contributed by atoms with van der Waals surface area (Å²) < 4.78 is 16.3. The zero-order valence-electron chi connectivity index (χ0n) is 14.9. The van der Waals surface area contributed by atoms with Crippen molar-refractivity contribution in [1.82, 2.24) is 25.3 Å². The number of likely N-dealkylation sites (tertiary alicyclic amines) is 1. The Bertz CT molecular complexity index is 1060. The smallest absolute Gasteiger partial charge is 0.283 e. The fraction of sp³-hybridized carbons (Fsp3) is 0.263. The lowest BCUT2D eigenvalue weighted by Gasteiger charge is -2.29. The van der Waals surface area contributed by atoms with Crippen molar-refractivity contribution in [2.45, 2.75) is 18.8 Å². The van der Waals surface area contributed by atoms with Crippen molar-refractivity contribution >= 4 is 5.91 Å². The van der Waals surface area contributed by atoms with E-state index in [2.05, 4.69) is 20.4 Å². The minimum absolute atomic E-state index is 0.102. The number of nitrogens with one attached hydrogen (secondary N) is 1. The van der Waals surface area contributed by atoms with E-state index < -0.39 is 0 Å². The Morgan fingerprint density at radius 3 is 2.54 bits per heavy atom. The topological polar surface area (TPSA) is 114 Å². The molecule has 142 valence electrons. The molecule has 1 saturated heterocycles. The molecule has 5 rings (SSSR count). The van der Waals surface area contributed by atoms with Crippen LogP contribution < -0.4 is 0 Å². The molecule has 1 N–H and O–H groups in total. The monoisotopic (exact) mass is 379 g/mol. The summed E-state index contributed by atoms with van der Waals surface area (Å²) in [7, 11) is 0. The number of hydrogen-bond acceptors (Lipinski definition) is 7. The summed E-state index contributed by atoms with van der Waals surface area (Å²) in [6.07, 6.45) is 4.65. The van der Waals surface area contributed by atoms with Gasteiger partial charge in [-0.1, -0.05) is 0 Å². The molecule has 1 aliphatic heterocycles. The van der Waals surface area contributed by atoms with Gasteiger partial charge in [0.15, 0.2) is 17.2 Å². The van der Waals surface area contributed by atoms with Crippen molar-refractivity contribution in [3.63, 3.8) is 0 Å². The van der Waals surface area contributed by atoms with Crippen LogP contribution in [0, 0.1) is 0 Å². The van der Waals surface area contributed by atoms with Crippen LogP contribution in [0.3, 0.4) is 0 Å². The van der Waals surface area contributed by atoms with E-state index in [1.54, 1.807) is 41.7 Å². The normalized spacial score (nSPS) is 15.2. The van der Waals surface area contributed by atoms with Crippen LogP contribution in [0.4, 0.5) is 0 Å². The van der Waals surface area contributed by atoms with E-state index in [1.165, 1.54) is 0 Å². The molecule has 0 aromatic carbocycles. The maximum absolute atomic E-state index is 12.7. The first kappa shape index (κ1) is 16.5. The zero-order valence-corrected chi connectivity index (χ0v) is 14.9. The van der Waals surface area contributed by atoms with E-state index >= 15 is 0 Å². The fourth-order valence-corrected chi connectivity index (χ4v) is 3.38. The third kappa shape index (κ3) is 3.00. The largest absolute Gasteiger partial charge is 0.463 e. The second kappa shape index (κ2) is 6.84. The Kier molecular flexibility index (Phi) is 4.04. The minimum Gasteiger partial charge on any atom is -0.463 e. The molecule has 28 heavy (non-hydrogen) atoms. The number of rotatable bonds is 4. The van der Waals surface area contributed by atoms with Gasteiger partial charge in [-0.05, 0) is 37.1 Å². The maximum atomic E-state index is 12.7. The highest BCUT2D eigenvalue weighted by Crippen LogP contribution is 2.30. The van der Waals surface area contributed by atoms with Gasteiger partial charge in [0, 0.05) is 25.1 Å². The molecule has 9 heteroatoms. The summed E-state index contributed by atoms with van der Waals surface area (Å²) in [4.78, 5) is 14.5. The number of nitrogens with zero attached hydrogens (tertiary/aromatic N) is 4. The summed E-state index contributed by atoms with van der Waals surface area (Å²) >= 11 is 0. The molecule has 4 aromatic heterocycles. The van der Waals surface area contributed by atoms with E-state index in [9.17, 15) is 4.79 Å². The van der Waals surface area contributed by atoms with Crippen molar-refractivity contribution in [2.75, 3.05) is 13.1 Å². The van der Waals surface area contributed by atoms with Gasteiger partial charge in [0.05, 0.1) is 12.5 Å². The third-order valence-corrected chi connectivity index (χ3v) is 4.89. The van der Waals surface area contributed by atoms with Gasteiger partial charge >= 0.3 is 0 Å². The third-order valence-electron chi connectivity index (χ3n) is 4.89. The molecule has 0 unspecified atom stereocenters. The predicted octanol–water partition coefficient (Wildman–Crippen LogP) is 3.33. The second-order valence-electron chi connectivity index (χ2n) is 6.63. The number of carbonyl (C=O) groups is 1. The van der Waals surface area contributed by atoms with E-state index in [-0.39, 0.29) is 11.8 Å². The summed E-state index contributed by atoms with van der Waals surface area (Å²) in [5.41, 5.74) is 1.06. The van der Waals surface area contributed by atoms with Crippen LogP contribution in [0.2, 0.25) is 0 Å². The Labute approximate surface area is 159 Å². The second-order valence-corrected chi connectivity index (χ2v) is 6.63. The summed E-state index contributed by atoms with van der Waals surface area (Å²) in [6, 6.07) is 8.86. The molecule has 0 atom stereocenters. The first-order valence-electron chi connectivity index (χ1n) is 9.04. The number of amides is 1. The molecular weight excluding hydrogens is 362 g/mol. The van der Waals surface area contributed by atoms with Crippen LogP contribution in [-0.2, 0) is 0 Å². The summed E-state index contributed by atoms with van der Waals surface area (Å²) in [5.74, 6) is 2.18. The standard InChI is InChI=1S/C19H17N5O4/c25-19(14-11-13(20-21-14)15-3-1-9-26-15)24-7-5-12(6-8-24)17-22-23-18(28-17)16-4-2-10-27-16/h1-4,9-12H,5-8H2,(H,20,21). The van der Waals surface area contributed by atoms with Crippen molar-refractivity contribution in [2.24, 2.45) is 0 Å². The molecule has 0 saturated carbocycles. The predicted molar refractivity (Wildman–Crippen MR) is 96.2 cm³/mol. The van der Waals surface area contributed by atoms with Gasteiger partial charge in [-0.2, -0.15) is 5.10 Å². The summed E-state index contributed by atoms with van der Waals surface area (Å²) in [5, 5.41) is 15.2. The maximum Gasteiger partial charge on any atom is 0.283 e. The van der Waals surface area contributed by atoms with Crippen LogP contribution in [0.15, 0.2) is 56.1 Å². The van der Waals surface area contributed by atoms with Gasteiger partial charge in [-0.25, -0.2) is 0 Å². The Morgan fingerprint density at radius 2 is 1.82 bits per heavy atom. The number of aromatic nitrogens is 4. The SMILES string of the molecule is O=C(c1cc(-c2ccco2)[nH]n1)N1CCC(c2nnc(-c3ccco3)o2)CC1. The summed E-state index contributed by atoms with van der Waals surface area (Å²) in [6.45, 7) is 1.20. The average molecular weight is 379 g/mol. The highest BCUT2D eigenvalue weighted by molar-refractivity contribution is 5.93. The van der Waals surface area contributed by atoms with Crippen molar-refractivity contribution in [1.29, 1.82) is 0 Å². The van der Waals surface area contributed by atoms with Gasteiger partial charge in [0.1, 0.15) is 5.69 Å². The number of hydrogen-bond donors (Lipinski definition) is 1. The van der Waals surface area contributed by atoms with Gasteiger partial charge in [-0.15, -0.1) is 10.2 Å². The van der Waals surface area contributed by atoms with E-state index in [4.69, 9.17) is 13.3 Å². The highest BCUT2D eigenvalue weighted by atomic mass is 16.4. The van der Waals surface area contributed by atoms with Gasteiger partial charge in [0.2, 0.25) is 5.89 Å². The van der Waals surface area contributed by atoms with Crippen molar-refractivity contribution < 1.29 is 18.0 Å². The fourth-order valence-electron chi connectivity index (χ4n) is 3.38. The molecule has 5 heterocycles. The van der Waals surface area contributed by atoms with Crippen molar-refractivity contribution in [3.05, 3.63) is 54.4 Å².